The molecule has 4 rings (SSSR count). The van der Waals surface area contributed by atoms with E-state index in [0.29, 0.717) is 12.2 Å². The van der Waals surface area contributed by atoms with Crippen molar-refractivity contribution in [3.63, 3.8) is 0 Å². The number of benzene rings is 2. The minimum absolute atomic E-state index is 0.0309. The third-order valence-electron chi connectivity index (χ3n) is 6.79. The number of amides is 1. The van der Waals surface area contributed by atoms with Gasteiger partial charge in [-0.15, -0.1) is 0 Å². The summed E-state index contributed by atoms with van der Waals surface area (Å²) in [5.41, 5.74) is 7.11. The van der Waals surface area contributed by atoms with Gasteiger partial charge in [0.25, 0.3) is 0 Å². The van der Waals surface area contributed by atoms with Gasteiger partial charge in [0.2, 0.25) is 5.91 Å². The van der Waals surface area contributed by atoms with Crippen LogP contribution in [-0.2, 0) is 11.3 Å². The van der Waals surface area contributed by atoms with E-state index in [9.17, 15) is 4.79 Å². The molecule has 5 heteroatoms. The number of nitrogens with one attached hydrogen (secondary N) is 1. The number of aliphatic hydroxyl groups is 1. The molecule has 1 unspecified atom stereocenters. The van der Waals surface area contributed by atoms with Crippen LogP contribution in [0.4, 0.5) is 5.69 Å². The lowest BCUT2D eigenvalue weighted by atomic mass is 9.81. The molecule has 0 saturated carbocycles. The SMILES string of the molecule is Cc1cc(C)c(C2CC(=O)Nc3cc(OCCO)ccc32)cc1CN1CCC(C)CC1. The first-order valence-corrected chi connectivity index (χ1v) is 11.4. The highest BCUT2D eigenvalue weighted by molar-refractivity contribution is 5.95. The Morgan fingerprint density at radius 1 is 1.10 bits per heavy atom. The monoisotopic (exact) mass is 422 g/mol. The fraction of sp³-hybridized carbons (Fsp3) is 0.500. The molecule has 0 radical (unpaired) electrons. The molecule has 166 valence electrons. The minimum Gasteiger partial charge on any atom is -0.491 e. The van der Waals surface area contributed by atoms with E-state index in [1.54, 1.807) is 0 Å². The maximum atomic E-state index is 12.5. The van der Waals surface area contributed by atoms with Gasteiger partial charge in [-0.05, 0) is 79.6 Å². The number of carbonyl (C=O) groups excluding carboxylic acids is 1. The zero-order chi connectivity index (χ0) is 22.0. The molecule has 0 aromatic heterocycles. The summed E-state index contributed by atoms with van der Waals surface area (Å²) in [6.45, 7) is 10.2. The summed E-state index contributed by atoms with van der Waals surface area (Å²) in [4.78, 5) is 15.1. The number of aryl methyl sites for hydroxylation is 2. The van der Waals surface area contributed by atoms with E-state index in [2.05, 4.69) is 49.2 Å². The average molecular weight is 423 g/mol. The summed E-state index contributed by atoms with van der Waals surface area (Å²) in [7, 11) is 0. The summed E-state index contributed by atoms with van der Waals surface area (Å²) < 4.78 is 5.54. The van der Waals surface area contributed by atoms with Crippen molar-refractivity contribution in [3.05, 3.63) is 58.1 Å². The largest absolute Gasteiger partial charge is 0.491 e. The number of carbonyl (C=O) groups is 1. The molecule has 0 aliphatic carbocycles. The number of rotatable bonds is 6. The van der Waals surface area contributed by atoms with Crippen LogP contribution in [0.15, 0.2) is 30.3 Å². The van der Waals surface area contributed by atoms with Crippen molar-refractivity contribution in [2.45, 2.75) is 52.5 Å². The Labute approximate surface area is 185 Å². The van der Waals surface area contributed by atoms with Gasteiger partial charge < -0.3 is 15.2 Å². The van der Waals surface area contributed by atoms with E-state index < -0.39 is 0 Å². The third-order valence-corrected chi connectivity index (χ3v) is 6.79. The molecule has 1 atom stereocenters. The number of hydrogen-bond donors (Lipinski definition) is 2. The highest BCUT2D eigenvalue weighted by Crippen LogP contribution is 2.40. The van der Waals surface area contributed by atoms with Crippen LogP contribution in [-0.4, -0.2) is 42.2 Å². The summed E-state index contributed by atoms with van der Waals surface area (Å²) in [6.07, 6.45) is 3.00. The molecule has 2 aliphatic rings. The fourth-order valence-electron chi connectivity index (χ4n) is 4.90. The zero-order valence-corrected chi connectivity index (χ0v) is 18.9. The molecule has 0 spiro atoms. The van der Waals surface area contributed by atoms with E-state index in [1.165, 1.54) is 35.1 Å². The normalized spacial score (nSPS) is 19.7. The third kappa shape index (κ3) is 4.94. The first kappa shape index (κ1) is 21.8. The molecule has 1 saturated heterocycles. The molecule has 2 N–H and O–H groups in total. The minimum atomic E-state index is -0.0344. The Morgan fingerprint density at radius 3 is 2.61 bits per heavy atom. The van der Waals surface area contributed by atoms with Crippen molar-refractivity contribution < 1.29 is 14.6 Å². The lowest BCUT2D eigenvalue weighted by Crippen LogP contribution is -2.32. The summed E-state index contributed by atoms with van der Waals surface area (Å²) in [5, 5.41) is 12.0. The first-order valence-electron chi connectivity index (χ1n) is 11.4. The van der Waals surface area contributed by atoms with Crippen LogP contribution >= 0.6 is 0 Å². The molecule has 2 aromatic carbocycles. The molecular weight excluding hydrogens is 388 g/mol. The number of likely N-dealkylation sites (tertiary alicyclic amines) is 1. The van der Waals surface area contributed by atoms with Crippen LogP contribution in [0.1, 0.15) is 59.9 Å². The standard InChI is InChI=1S/C26H34N2O3/c1-17-6-8-28(9-7-17)16-20-13-23(19(3)12-18(20)2)24-15-26(30)27-25-14-21(31-11-10-29)4-5-22(24)25/h4-5,12-14,17,24,29H,6-11,15-16H2,1-3H3,(H,27,30). The number of fused-ring (bicyclic) bond motifs is 1. The van der Waals surface area contributed by atoms with Crippen molar-refractivity contribution in [2.75, 3.05) is 31.6 Å². The van der Waals surface area contributed by atoms with Crippen LogP contribution in [0, 0.1) is 19.8 Å². The summed E-state index contributed by atoms with van der Waals surface area (Å²) >= 11 is 0. The Kier molecular flexibility index (Phi) is 6.63. The van der Waals surface area contributed by atoms with Gasteiger partial charge in [-0.25, -0.2) is 0 Å². The van der Waals surface area contributed by atoms with Gasteiger partial charge in [0.1, 0.15) is 12.4 Å². The Balaban J connectivity index is 1.64. The Bertz CT molecular complexity index is 948. The van der Waals surface area contributed by atoms with E-state index in [1.807, 2.05) is 12.1 Å². The number of ether oxygens (including phenoxy) is 1. The number of aliphatic hydroxyl groups excluding tert-OH is 1. The van der Waals surface area contributed by atoms with Crippen LogP contribution in [0.5, 0.6) is 5.75 Å². The van der Waals surface area contributed by atoms with Gasteiger partial charge >= 0.3 is 0 Å². The van der Waals surface area contributed by atoms with Gasteiger partial charge in [0.05, 0.1) is 6.61 Å². The highest BCUT2D eigenvalue weighted by Gasteiger charge is 2.28. The van der Waals surface area contributed by atoms with Crippen LogP contribution in [0.25, 0.3) is 0 Å². The molecule has 2 aromatic rings. The number of anilines is 1. The quantitative estimate of drug-likeness (QED) is 0.725. The van der Waals surface area contributed by atoms with Gasteiger partial charge in [-0.2, -0.15) is 0 Å². The molecular formula is C26H34N2O3. The van der Waals surface area contributed by atoms with Crippen molar-refractivity contribution >= 4 is 11.6 Å². The summed E-state index contributed by atoms with van der Waals surface area (Å²) in [5.74, 6) is 1.56. The number of hydrogen-bond acceptors (Lipinski definition) is 4. The van der Waals surface area contributed by atoms with Crippen molar-refractivity contribution in [1.82, 2.24) is 4.90 Å². The predicted molar refractivity (Wildman–Crippen MR) is 124 cm³/mol. The molecule has 5 nitrogen and oxygen atoms in total. The first-order chi connectivity index (χ1) is 14.9. The molecule has 2 heterocycles. The lowest BCUT2D eigenvalue weighted by Gasteiger charge is -2.32. The van der Waals surface area contributed by atoms with E-state index >= 15 is 0 Å². The van der Waals surface area contributed by atoms with Crippen molar-refractivity contribution in [1.29, 1.82) is 0 Å². The molecule has 1 amide bonds. The summed E-state index contributed by atoms with van der Waals surface area (Å²) in [6, 6.07) is 10.5. The molecule has 0 bridgehead atoms. The van der Waals surface area contributed by atoms with Gasteiger partial charge in [0, 0.05) is 30.6 Å². The van der Waals surface area contributed by atoms with Gasteiger partial charge in [-0.3, -0.25) is 9.69 Å². The molecule has 2 aliphatic heterocycles. The van der Waals surface area contributed by atoms with E-state index in [-0.39, 0.29) is 25.0 Å². The van der Waals surface area contributed by atoms with E-state index in [4.69, 9.17) is 9.84 Å². The smallest absolute Gasteiger partial charge is 0.225 e. The maximum absolute atomic E-state index is 12.5. The van der Waals surface area contributed by atoms with Crippen LogP contribution in [0.3, 0.4) is 0 Å². The number of nitrogens with zero attached hydrogens (tertiary/aromatic N) is 1. The Hall–Kier alpha value is -2.37. The fourth-order valence-corrected chi connectivity index (χ4v) is 4.90. The molecule has 31 heavy (non-hydrogen) atoms. The second kappa shape index (κ2) is 9.41. The average Bonchev–Trinajstić information content (AvgIpc) is 2.75. The molecule has 1 fully saturated rings. The lowest BCUT2D eigenvalue weighted by molar-refractivity contribution is -0.116. The number of piperidine rings is 1. The highest BCUT2D eigenvalue weighted by atomic mass is 16.5. The van der Waals surface area contributed by atoms with E-state index in [0.717, 1.165) is 36.8 Å². The van der Waals surface area contributed by atoms with Crippen LogP contribution in [0.2, 0.25) is 0 Å². The second-order valence-corrected chi connectivity index (χ2v) is 9.22. The van der Waals surface area contributed by atoms with Crippen molar-refractivity contribution in [3.8, 4) is 5.75 Å². The Morgan fingerprint density at radius 2 is 1.87 bits per heavy atom. The second-order valence-electron chi connectivity index (χ2n) is 9.22. The van der Waals surface area contributed by atoms with Gasteiger partial charge in [-0.1, -0.05) is 25.1 Å². The van der Waals surface area contributed by atoms with Gasteiger partial charge in [0.15, 0.2) is 0 Å². The van der Waals surface area contributed by atoms with Crippen molar-refractivity contribution in [2.24, 2.45) is 5.92 Å². The zero-order valence-electron chi connectivity index (χ0n) is 18.9. The topological polar surface area (TPSA) is 61.8 Å². The van der Waals surface area contributed by atoms with Crippen LogP contribution < -0.4 is 10.1 Å². The maximum Gasteiger partial charge on any atom is 0.225 e. The predicted octanol–water partition coefficient (Wildman–Crippen LogP) is 4.38.